The molecule has 1 atom stereocenters. The van der Waals surface area contributed by atoms with Gasteiger partial charge in [0.1, 0.15) is 5.82 Å². The first kappa shape index (κ1) is 13.9. The molecule has 0 aliphatic rings. The Morgan fingerprint density at radius 3 is 2.95 bits per heavy atom. The fraction of sp³-hybridized carbons (Fsp3) is 0.429. The topological polar surface area (TPSA) is 57.8 Å². The second kappa shape index (κ2) is 6.61. The van der Waals surface area contributed by atoms with Gasteiger partial charge in [-0.25, -0.2) is 4.98 Å². The number of benzene rings is 1. The van der Waals surface area contributed by atoms with E-state index in [1.54, 1.807) is 11.8 Å². The molecule has 2 N–H and O–H groups in total. The molecule has 102 valence electrons. The van der Waals surface area contributed by atoms with Gasteiger partial charge in [-0.2, -0.15) is 11.8 Å². The fourth-order valence-electron chi connectivity index (χ4n) is 1.95. The third-order valence-corrected chi connectivity index (χ3v) is 3.65. The van der Waals surface area contributed by atoms with Crippen LogP contribution in [0.3, 0.4) is 0 Å². The average molecular weight is 277 g/mol. The highest BCUT2D eigenvalue weighted by molar-refractivity contribution is 7.98. The van der Waals surface area contributed by atoms with Gasteiger partial charge in [0.2, 0.25) is 5.91 Å². The molecule has 1 heterocycles. The van der Waals surface area contributed by atoms with E-state index in [4.69, 9.17) is 0 Å². The normalized spacial score (nSPS) is 12.5. The smallest absolute Gasteiger partial charge is 0.220 e. The minimum absolute atomic E-state index is 0.0349. The van der Waals surface area contributed by atoms with Crippen molar-refractivity contribution in [3.05, 3.63) is 30.1 Å². The molecule has 2 aromatic rings. The lowest BCUT2D eigenvalue weighted by molar-refractivity contribution is -0.121. The van der Waals surface area contributed by atoms with Gasteiger partial charge in [0.05, 0.1) is 17.1 Å². The van der Waals surface area contributed by atoms with Crippen LogP contribution >= 0.6 is 11.8 Å². The molecule has 19 heavy (non-hydrogen) atoms. The van der Waals surface area contributed by atoms with E-state index < -0.39 is 0 Å². The Morgan fingerprint density at radius 2 is 2.26 bits per heavy atom. The highest BCUT2D eigenvalue weighted by atomic mass is 32.2. The van der Waals surface area contributed by atoms with Crippen LogP contribution in [0.1, 0.15) is 31.6 Å². The van der Waals surface area contributed by atoms with Crippen molar-refractivity contribution in [3.8, 4) is 0 Å². The third-order valence-electron chi connectivity index (χ3n) is 3.00. The number of rotatable bonds is 6. The van der Waals surface area contributed by atoms with Gasteiger partial charge in [-0.05, 0) is 30.6 Å². The van der Waals surface area contributed by atoms with Crippen LogP contribution in [0.5, 0.6) is 0 Å². The number of nitrogens with zero attached hydrogens (tertiary/aromatic N) is 1. The summed E-state index contributed by atoms with van der Waals surface area (Å²) in [6.07, 6.45) is 3.44. The maximum atomic E-state index is 11.6. The van der Waals surface area contributed by atoms with E-state index in [9.17, 15) is 4.79 Å². The summed E-state index contributed by atoms with van der Waals surface area (Å²) in [5.41, 5.74) is 1.95. The molecule has 0 spiro atoms. The van der Waals surface area contributed by atoms with Crippen LogP contribution in [0.15, 0.2) is 24.3 Å². The van der Waals surface area contributed by atoms with Gasteiger partial charge in [-0.3, -0.25) is 4.79 Å². The van der Waals surface area contributed by atoms with Crippen LogP contribution in [-0.2, 0) is 4.79 Å². The Morgan fingerprint density at radius 1 is 1.47 bits per heavy atom. The lowest BCUT2D eigenvalue weighted by Crippen LogP contribution is -2.29. The highest BCUT2D eigenvalue weighted by Gasteiger charge is 2.17. The first-order valence-corrected chi connectivity index (χ1v) is 7.87. The quantitative estimate of drug-likeness (QED) is 0.853. The van der Waals surface area contributed by atoms with E-state index in [1.165, 1.54) is 0 Å². The summed E-state index contributed by atoms with van der Waals surface area (Å²) in [7, 11) is 0. The summed E-state index contributed by atoms with van der Waals surface area (Å²) in [5.74, 6) is 1.90. The summed E-state index contributed by atoms with van der Waals surface area (Å²) in [6.45, 7) is 1.86. The molecule has 1 amide bonds. The molecular weight excluding hydrogens is 258 g/mol. The van der Waals surface area contributed by atoms with Crippen LogP contribution in [0.4, 0.5) is 0 Å². The van der Waals surface area contributed by atoms with Crippen molar-refractivity contribution < 1.29 is 4.79 Å². The number of carbonyl (C=O) groups is 1. The molecule has 1 aromatic heterocycles. The zero-order valence-electron chi connectivity index (χ0n) is 11.3. The number of carbonyl (C=O) groups excluding carboxylic acids is 1. The molecule has 0 radical (unpaired) electrons. The average Bonchev–Trinajstić information content (AvgIpc) is 2.86. The lowest BCUT2D eigenvalue weighted by atomic mass is 10.2. The number of nitrogens with one attached hydrogen (secondary N) is 2. The summed E-state index contributed by atoms with van der Waals surface area (Å²) in [6, 6.07) is 7.88. The van der Waals surface area contributed by atoms with Crippen LogP contribution < -0.4 is 5.32 Å². The minimum atomic E-state index is -0.0349. The Labute approximate surface area is 117 Å². The summed E-state index contributed by atoms with van der Waals surface area (Å²) < 4.78 is 0. The van der Waals surface area contributed by atoms with E-state index >= 15 is 0 Å². The van der Waals surface area contributed by atoms with Gasteiger partial charge in [0, 0.05) is 6.42 Å². The van der Waals surface area contributed by atoms with Crippen molar-refractivity contribution in [1.29, 1.82) is 0 Å². The van der Waals surface area contributed by atoms with Crippen molar-refractivity contribution in [3.63, 3.8) is 0 Å². The molecular formula is C14H19N3OS. The number of amides is 1. The number of para-hydroxylation sites is 2. The molecule has 4 nitrogen and oxygen atoms in total. The van der Waals surface area contributed by atoms with E-state index in [-0.39, 0.29) is 11.9 Å². The molecule has 1 aromatic carbocycles. The first-order chi connectivity index (χ1) is 9.24. The number of imidazole rings is 1. The molecule has 0 aliphatic carbocycles. The summed E-state index contributed by atoms with van der Waals surface area (Å²) in [4.78, 5) is 19.5. The van der Waals surface area contributed by atoms with E-state index in [2.05, 4.69) is 21.5 Å². The van der Waals surface area contributed by atoms with E-state index in [0.29, 0.717) is 6.42 Å². The van der Waals surface area contributed by atoms with Gasteiger partial charge < -0.3 is 10.3 Å². The molecule has 2 rings (SSSR count). The molecule has 1 unspecified atom stereocenters. The van der Waals surface area contributed by atoms with Crippen LogP contribution in [-0.4, -0.2) is 27.9 Å². The number of aromatic nitrogens is 2. The van der Waals surface area contributed by atoms with E-state index in [1.807, 2.05) is 31.2 Å². The van der Waals surface area contributed by atoms with Gasteiger partial charge in [0.25, 0.3) is 0 Å². The van der Waals surface area contributed by atoms with Crippen molar-refractivity contribution in [1.82, 2.24) is 15.3 Å². The predicted molar refractivity (Wildman–Crippen MR) is 80.3 cm³/mol. The zero-order chi connectivity index (χ0) is 13.7. The maximum absolute atomic E-state index is 11.6. The minimum Gasteiger partial charge on any atom is -0.346 e. The number of thioether (sulfide) groups is 1. The predicted octanol–water partition coefficient (Wildman–Crippen LogP) is 2.88. The van der Waals surface area contributed by atoms with E-state index in [0.717, 1.165) is 29.0 Å². The molecule has 0 fully saturated rings. The zero-order valence-corrected chi connectivity index (χ0v) is 12.1. The van der Waals surface area contributed by atoms with Gasteiger partial charge in [-0.1, -0.05) is 19.1 Å². The lowest BCUT2D eigenvalue weighted by Gasteiger charge is -2.15. The summed E-state index contributed by atoms with van der Waals surface area (Å²) in [5, 5.41) is 3.03. The van der Waals surface area contributed by atoms with Gasteiger partial charge in [-0.15, -0.1) is 0 Å². The molecule has 0 saturated heterocycles. The first-order valence-electron chi connectivity index (χ1n) is 6.47. The van der Waals surface area contributed by atoms with Crippen molar-refractivity contribution in [2.45, 2.75) is 25.8 Å². The highest BCUT2D eigenvalue weighted by Crippen LogP contribution is 2.20. The Balaban J connectivity index is 2.22. The molecule has 0 saturated carbocycles. The number of fused-ring (bicyclic) bond motifs is 1. The van der Waals surface area contributed by atoms with Crippen LogP contribution in [0.25, 0.3) is 11.0 Å². The monoisotopic (exact) mass is 277 g/mol. The number of aromatic amines is 1. The fourth-order valence-corrected chi connectivity index (χ4v) is 2.42. The Bertz CT molecular complexity index is 519. The van der Waals surface area contributed by atoms with Crippen molar-refractivity contribution in [2.75, 3.05) is 12.0 Å². The SMILES string of the molecule is CCC(=O)NC(CCSC)c1nc2ccccc2[nH]1. The number of H-pyrrole nitrogens is 1. The second-order valence-electron chi connectivity index (χ2n) is 4.39. The standard InChI is InChI=1S/C14H19N3OS/c1-3-13(18)15-12(8-9-19-2)14-16-10-6-4-5-7-11(10)17-14/h4-7,12H,3,8-9H2,1-2H3,(H,15,18)(H,16,17). The van der Waals surface area contributed by atoms with Crippen molar-refractivity contribution in [2.24, 2.45) is 0 Å². The largest absolute Gasteiger partial charge is 0.346 e. The third kappa shape index (κ3) is 3.50. The Hall–Kier alpha value is -1.49. The van der Waals surface area contributed by atoms with Crippen LogP contribution in [0, 0.1) is 0 Å². The number of hydrogen-bond donors (Lipinski definition) is 2. The molecule has 0 bridgehead atoms. The van der Waals surface area contributed by atoms with Crippen LogP contribution in [0.2, 0.25) is 0 Å². The van der Waals surface area contributed by atoms with Crippen molar-refractivity contribution >= 4 is 28.7 Å². The van der Waals surface area contributed by atoms with Gasteiger partial charge in [0.15, 0.2) is 0 Å². The van der Waals surface area contributed by atoms with Gasteiger partial charge >= 0.3 is 0 Å². The number of hydrogen-bond acceptors (Lipinski definition) is 3. The maximum Gasteiger partial charge on any atom is 0.220 e. The molecule has 5 heteroatoms. The molecule has 0 aliphatic heterocycles. The second-order valence-corrected chi connectivity index (χ2v) is 5.38. The Kier molecular flexibility index (Phi) is 4.85. The summed E-state index contributed by atoms with van der Waals surface area (Å²) >= 11 is 1.77.